The van der Waals surface area contributed by atoms with Crippen LogP contribution in [0.15, 0.2) is 42.6 Å². The number of rotatable bonds is 3. The lowest BCUT2D eigenvalue weighted by molar-refractivity contribution is -0.155. The van der Waals surface area contributed by atoms with Crippen LogP contribution in [0, 0.1) is 0 Å². The lowest BCUT2D eigenvalue weighted by Gasteiger charge is -2.29. The number of hydrogen-bond acceptors (Lipinski definition) is 6. The predicted octanol–water partition coefficient (Wildman–Crippen LogP) is 4.30. The van der Waals surface area contributed by atoms with Crippen molar-refractivity contribution in [3.63, 3.8) is 0 Å². The van der Waals surface area contributed by atoms with E-state index in [-0.39, 0.29) is 0 Å². The first-order valence-corrected chi connectivity index (χ1v) is 11.8. The molecule has 2 aliphatic heterocycles. The molecule has 0 radical (unpaired) electrons. The Balaban J connectivity index is 1.28. The van der Waals surface area contributed by atoms with Gasteiger partial charge in [-0.3, -0.25) is 4.57 Å². The number of nitrogens with one attached hydrogen (secondary N) is 1. The number of aromatic nitrogens is 4. The topological polar surface area (TPSA) is 74.1 Å². The molecule has 3 aromatic rings. The molecule has 0 unspecified atom stereocenters. The quantitative estimate of drug-likeness (QED) is 0.640. The van der Waals surface area contributed by atoms with E-state index in [2.05, 4.69) is 31.1 Å². The summed E-state index contributed by atoms with van der Waals surface area (Å²) in [7, 11) is 0. The van der Waals surface area contributed by atoms with Crippen LogP contribution in [-0.4, -0.2) is 44.8 Å². The molecule has 0 bridgehead atoms. The van der Waals surface area contributed by atoms with Crippen molar-refractivity contribution >= 4 is 17.4 Å². The number of ether oxygens (including phenoxy) is 2. The maximum absolute atomic E-state index is 6.36. The summed E-state index contributed by atoms with van der Waals surface area (Å²) in [4.78, 5) is 4.40. The van der Waals surface area contributed by atoms with Crippen LogP contribution in [0.2, 0.25) is 5.02 Å². The van der Waals surface area contributed by atoms with Gasteiger partial charge in [0.15, 0.2) is 5.79 Å². The van der Waals surface area contributed by atoms with Crippen molar-refractivity contribution in [1.82, 2.24) is 19.7 Å². The minimum absolute atomic E-state index is 0.362. The van der Waals surface area contributed by atoms with Crippen molar-refractivity contribution in [3.8, 4) is 5.69 Å². The highest BCUT2D eigenvalue weighted by molar-refractivity contribution is 6.30. The third-order valence-electron chi connectivity index (χ3n) is 6.85. The van der Waals surface area contributed by atoms with Crippen LogP contribution in [0.3, 0.4) is 0 Å². The molecule has 1 aliphatic carbocycles. The maximum Gasteiger partial charge on any atom is 0.179 e. The number of fused-ring (bicyclic) bond motifs is 3. The van der Waals surface area contributed by atoms with Crippen LogP contribution in [0.25, 0.3) is 5.69 Å². The lowest BCUT2D eigenvalue weighted by atomic mass is 9.85. The van der Waals surface area contributed by atoms with Gasteiger partial charge in [0.05, 0.1) is 25.3 Å². The molecule has 1 spiro atoms. The zero-order valence-corrected chi connectivity index (χ0v) is 18.6. The number of halogens is 1. The van der Waals surface area contributed by atoms with Gasteiger partial charge in [-0.2, -0.15) is 0 Å². The molecule has 166 valence electrons. The molecule has 1 N–H and O–H groups in total. The summed E-state index contributed by atoms with van der Waals surface area (Å²) in [6, 6.07) is 12.5. The molecule has 2 aromatic heterocycles. The van der Waals surface area contributed by atoms with Gasteiger partial charge >= 0.3 is 0 Å². The van der Waals surface area contributed by atoms with Gasteiger partial charge in [-0.05, 0) is 61.6 Å². The fourth-order valence-corrected chi connectivity index (χ4v) is 5.53. The Morgan fingerprint density at radius 3 is 2.62 bits per heavy atom. The number of anilines is 1. The molecular weight excluding hydrogens is 426 g/mol. The van der Waals surface area contributed by atoms with Crippen LogP contribution in [-0.2, 0) is 22.3 Å². The average molecular weight is 452 g/mol. The Hall–Kier alpha value is -2.48. The standard InChI is InChI=1S/C24H26ClN5O2/c25-18-6-9-20-17(13-18)14-24(31-11-12-32-24)15-22-28-29-23(30(20)22)16-4-7-19(8-5-16)27-21-3-1-2-10-26-21/h1-3,6,9-10,13,16,19H,4-5,7-8,11-12,14-15H2,(H,26,27)/t16-,19-. The van der Waals surface area contributed by atoms with E-state index in [9.17, 15) is 0 Å². The maximum atomic E-state index is 6.36. The first-order chi connectivity index (χ1) is 15.7. The second kappa shape index (κ2) is 8.14. The van der Waals surface area contributed by atoms with Gasteiger partial charge in [-0.15, -0.1) is 10.2 Å². The Kier molecular flexibility index (Phi) is 5.12. The van der Waals surface area contributed by atoms with E-state index in [0.29, 0.717) is 38.0 Å². The monoisotopic (exact) mass is 451 g/mol. The van der Waals surface area contributed by atoms with Crippen molar-refractivity contribution in [3.05, 3.63) is 64.8 Å². The summed E-state index contributed by atoms with van der Waals surface area (Å²) in [5, 5.41) is 13.6. The first kappa shape index (κ1) is 20.1. The second-order valence-electron chi connectivity index (χ2n) is 8.95. The summed E-state index contributed by atoms with van der Waals surface area (Å²) in [6.45, 7) is 1.20. The predicted molar refractivity (Wildman–Crippen MR) is 121 cm³/mol. The van der Waals surface area contributed by atoms with Gasteiger partial charge in [-0.1, -0.05) is 17.7 Å². The van der Waals surface area contributed by atoms with E-state index < -0.39 is 5.79 Å². The normalized spacial score (nSPS) is 24.0. The first-order valence-electron chi connectivity index (χ1n) is 11.4. The summed E-state index contributed by atoms with van der Waals surface area (Å²) in [5.74, 6) is 2.56. The highest BCUT2D eigenvalue weighted by Gasteiger charge is 2.42. The van der Waals surface area contributed by atoms with Gasteiger partial charge < -0.3 is 14.8 Å². The Bertz CT molecular complexity index is 1100. The summed E-state index contributed by atoms with van der Waals surface area (Å²) < 4.78 is 14.4. The van der Waals surface area contributed by atoms with Crippen LogP contribution in [0.5, 0.6) is 0 Å². The highest BCUT2D eigenvalue weighted by Crippen LogP contribution is 2.39. The van der Waals surface area contributed by atoms with Crippen LogP contribution in [0.1, 0.15) is 48.8 Å². The summed E-state index contributed by atoms with van der Waals surface area (Å²) in [6.07, 6.45) is 7.34. The van der Waals surface area contributed by atoms with Gasteiger partial charge in [0.1, 0.15) is 17.5 Å². The lowest BCUT2D eigenvalue weighted by Crippen LogP contribution is -2.35. The number of nitrogens with zero attached hydrogens (tertiary/aromatic N) is 4. The van der Waals surface area contributed by atoms with Crippen LogP contribution >= 0.6 is 11.6 Å². The highest BCUT2D eigenvalue weighted by atomic mass is 35.5. The van der Waals surface area contributed by atoms with Gasteiger partial charge in [0.25, 0.3) is 0 Å². The van der Waals surface area contributed by atoms with Crippen molar-refractivity contribution < 1.29 is 9.47 Å². The van der Waals surface area contributed by atoms with E-state index in [4.69, 9.17) is 21.1 Å². The molecule has 1 aromatic carbocycles. The zero-order valence-electron chi connectivity index (χ0n) is 17.8. The second-order valence-corrected chi connectivity index (χ2v) is 9.39. The molecular formula is C24H26ClN5O2. The Morgan fingerprint density at radius 2 is 1.84 bits per heavy atom. The van der Waals surface area contributed by atoms with Gasteiger partial charge in [0.2, 0.25) is 0 Å². The van der Waals surface area contributed by atoms with Crippen LogP contribution in [0.4, 0.5) is 5.82 Å². The molecule has 7 nitrogen and oxygen atoms in total. The fraction of sp³-hybridized carbons (Fsp3) is 0.458. The number of benzene rings is 1. The Morgan fingerprint density at radius 1 is 1.00 bits per heavy atom. The molecule has 2 fully saturated rings. The van der Waals surface area contributed by atoms with Crippen molar-refractivity contribution in [2.45, 2.75) is 56.3 Å². The van der Waals surface area contributed by atoms with E-state index in [0.717, 1.165) is 59.4 Å². The Labute approximate surface area is 192 Å². The smallest absolute Gasteiger partial charge is 0.179 e. The molecule has 0 atom stereocenters. The summed E-state index contributed by atoms with van der Waals surface area (Å²) in [5.41, 5.74) is 2.21. The average Bonchev–Trinajstić information content (AvgIpc) is 3.40. The third kappa shape index (κ3) is 3.68. The van der Waals surface area contributed by atoms with Crippen molar-refractivity contribution in [2.24, 2.45) is 0 Å². The third-order valence-corrected chi connectivity index (χ3v) is 7.08. The molecule has 0 amide bonds. The van der Waals surface area contributed by atoms with Crippen LogP contribution < -0.4 is 5.32 Å². The molecule has 1 saturated carbocycles. The largest absolute Gasteiger partial charge is 0.367 e. The zero-order chi connectivity index (χ0) is 21.5. The molecule has 1 saturated heterocycles. The van der Waals surface area contributed by atoms with Gasteiger partial charge in [0, 0.05) is 29.6 Å². The van der Waals surface area contributed by atoms with E-state index in [1.807, 2.05) is 36.5 Å². The molecule has 32 heavy (non-hydrogen) atoms. The van der Waals surface area contributed by atoms with E-state index >= 15 is 0 Å². The van der Waals surface area contributed by atoms with E-state index in [1.54, 1.807) is 0 Å². The minimum Gasteiger partial charge on any atom is -0.367 e. The SMILES string of the molecule is Clc1ccc2c(c1)CC1(Cc3nnc([C@H]4CC[C@H](Nc5ccccn5)CC4)n3-2)OCCO1. The minimum atomic E-state index is -0.678. The van der Waals surface area contributed by atoms with Crippen molar-refractivity contribution in [2.75, 3.05) is 18.5 Å². The van der Waals surface area contributed by atoms with Gasteiger partial charge in [-0.25, -0.2) is 4.98 Å². The molecule has 8 heteroatoms. The fourth-order valence-electron chi connectivity index (χ4n) is 5.33. The number of hydrogen-bond donors (Lipinski definition) is 1. The summed E-state index contributed by atoms with van der Waals surface area (Å²) >= 11 is 6.36. The molecule has 6 rings (SSSR count). The molecule has 3 aliphatic rings. The van der Waals surface area contributed by atoms with Crippen molar-refractivity contribution in [1.29, 1.82) is 0 Å². The number of pyridine rings is 1. The molecule has 4 heterocycles. The van der Waals surface area contributed by atoms with E-state index in [1.165, 1.54) is 0 Å².